The molecule has 1 fully saturated rings. The first-order chi connectivity index (χ1) is 13.4. The average Bonchev–Trinajstić information content (AvgIpc) is 3.25. The van der Waals surface area contributed by atoms with Gasteiger partial charge in [0.25, 0.3) is 10.0 Å². The van der Waals surface area contributed by atoms with Crippen LogP contribution in [0.15, 0.2) is 62.9 Å². The van der Waals surface area contributed by atoms with Crippen molar-refractivity contribution in [3.63, 3.8) is 0 Å². The Balaban J connectivity index is 1.86. The maximum Gasteiger partial charge on any atom is 0.269 e. The van der Waals surface area contributed by atoms with Gasteiger partial charge in [0.1, 0.15) is 10.6 Å². The van der Waals surface area contributed by atoms with Crippen LogP contribution in [0.5, 0.6) is 5.75 Å². The topological polar surface area (TPSA) is 51.5 Å². The first-order valence-corrected chi connectivity index (χ1v) is 12.1. The molecule has 5 nitrogen and oxygen atoms in total. The summed E-state index contributed by atoms with van der Waals surface area (Å²) in [5, 5.41) is 1.34. The number of fused-ring (bicyclic) bond motifs is 1. The summed E-state index contributed by atoms with van der Waals surface area (Å²) in [5.41, 5.74) is 0.658. The molecule has 2 heterocycles. The molecule has 1 unspecified atom stereocenters. The maximum absolute atomic E-state index is 13.4. The highest BCUT2D eigenvalue weighted by atomic mass is 79.9. The van der Waals surface area contributed by atoms with Gasteiger partial charge in [0.2, 0.25) is 0 Å². The first-order valence-electron chi connectivity index (χ1n) is 8.94. The predicted molar refractivity (Wildman–Crippen MR) is 117 cm³/mol. The van der Waals surface area contributed by atoms with E-state index < -0.39 is 10.0 Å². The van der Waals surface area contributed by atoms with Crippen LogP contribution in [-0.2, 0) is 10.0 Å². The van der Waals surface area contributed by atoms with E-state index in [1.807, 2.05) is 12.1 Å². The lowest BCUT2D eigenvalue weighted by Gasteiger charge is -2.09. The Morgan fingerprint density at radius 3 is 2.68 bits per heavy atom. The maximum atomic E-state index is 13.4. The molecule has 0 spiro atoms. The molecule has 1 aromatic heterocycles. The van der Waals surface area contributed by atoms with Gasteiger partial charge in [0, 0.05) is 32.7 Å². The fraction of sp³-hybridized carbons (Fsp3) is 0.300. The highest BCUT2D eigenvalue weighted by molar-refractivity contribution is 9.10. The number of benzene rings is 2. The second kappa shape index (κ2) is 7.74. The monoisotopic (exact) mass is 480 g/mol. The lowest BCUT2D eigenvalue weighted by atomic mass is 10.2. The van der Waals surface area contributed by atoms with Crippen LogP contribution in [0.1, 0.15) is 6.42 Å². The van der Waals surface area contributed by atoms with Crippen molar-refractivity contribution >= 4 is 48.6 Å². The molecule has 2 aromatic carbocycles. The van der Waals surface area contributed by atoms with Gasteiger partial charge in [0.15, 0.2) is 0 Å². The van der Waals surface area contributed by atoms with Gasteiger partial charge in [-0.2, -0.15) is 0 Å². The standard InChI is InChI=1S/C20H21BrN2O3S2/c1-22-10-9-15(12-22)27-19-13-23(18-8-7-14(26-2)11-16(18)19)28(24,25)20-6-4-3-5-17(20)21/h3-8,11,13,15H,9-10,12H2,1-2H3. The third-order valence-corrected chi connectivity index (χ3v) is 8.94. The number of rotatable bonds is 5. The van der Waals surface area contributed by atoms with Crippen molar-refractivity contribution in [2.75, 3.05) is 27.2 Å². The molecular formula is C20H21BrN2O3S2. The van der Waals surface area contributed by atoms with E-state index in [0.29, 0.717) is 21.0 Å². The Kier molecular flexibility index (Phi) is 5.48. The van der Waals surface area contributed by atoms with E-state index in [1.165, 1.54) is 3.97 Å². The van der Waals surface area contributed by atoms with Gasteiger partial charge < -0.3 is 9.64 Å². The normalized spacial score (nSPS) is 18.0. The third-order valence-electron chi connectivity index (χ3n) is 4.96. The molecule has 8 heteroatoms. The molecule has 0 saturated carbocycles. The lowest BCUT2D eigenvalue weighted by molar-refractivity contribution is 0.415. The van der Waals surface area contributed by atoms with E-state index in [1.54, 1.807) is 55.4 Å². The van der Waals surface area contributed by atoms with Crippen molar-refractivity contribution in [2.45, 2.75) is 21.5 Å². The number of nitrogens with zero attached hydrogens (tertiary/aromatic N) is 2. The van der Waals surface area contributed by atoms with Crippen LogP contribution in [-0.4, -0.2) is 49.8 Å². The quantitative estimate of drug-likeness (QED) is 0.539. The van der Waals surface area contributed by atoms with Gasteiger partial charge in [-0.1, -0.05) is 12.1 Å². The molecule has 0 radical (unpaired) electrons. The fourth-order valence-corrected chi connectivity index (χ4v) is 7.27. The molecule has 0 bridgehead atoms. The van der Waals surface area contributed by atoms with Gasteiger partial charge in [0.05, 0.1) is 12.6 Å². The Bertz CT molecular complexity index is 1130. The van der Waals surface area contributed by atoms with Gasteiger partial charge in [-0.3, -0.25) is 0 Å². The molecule has 148 valence electrons. The molecule has 4 rings (SSSR count). The number of likely N-dealkylation sites (tertiary alicyclic amines) is 1. The van der Waals surface area contributed by atoms with E-state index in [-0.39, 0.29) is 4.90 Å². The summed E-state index contributed by atoms with van der Waals surface area (Å²) in [6.45, 7) is 2.06. The molecule has 1 aliphatic heterocycles. The van der Waals surface area contributed by atoms with E-state index in [9.17, 15) is 8.42 Å². The van der Waals surface area contributed by atoms with E-state index in [0.717, 1.165) is 29.8 Å². The zero-order valence-corrected chi connectivity index (χ0v) is 18.9. The SMILES string of the molecule is COc1ccc2c(c1)c(SC1CCN(C)C1)cn2S(=O)(=O)c1ccccc1Br. The average molecular weight is 481 g/mol. The highest BCUT2D eigenvalue weighted by Gasteiger charge is 2.26. The minimum atomic E-state index is -3.73. The molecule has 0 aliphatic carbocycles. The van der Waals surface area contributed by atoms with Gasteiger partial charge in [-0.15, -0.1) is 11.8 Å². The summed E-state index contributed by atoms with van der Waals surface area (Å²) in [5.74, 6) is 0.717. The van der Waals surface area contributed by atoms with Crippen LogP contribution in [0.2, 0.25) is 0 Å². The Morgan fingerprint density at radius 1 is 1.21 bits per heavy atom. The molecule has 3 aromatic rings. The second-order valence-corrected chi connectivity index (χ2v) is 10.9. The van der Waals surface area contributed by atoms with Crippen molar-refractivity contribution < 1.29 is 13.2 Å². The Morgan fingerprint density at radius 2 is 2.00 bits per heavy atom. The van der Waals surface area contributed by atoms with Crippen LogP contribution in [0.4, 0.5) is 0 Å². The van der Waals surface area contributed by atoms with Gasteiger partial charge in [-0.05, 0) is 66.3 Å². The smallest absolute Gasteiger partial charge is 0.269 e. The number of ether oxygens (including phenoxy) is 1. The molecule has 0 amide bonds. The Hall–Kier alpha value is -1.48. The van der Waals surface area contributed by atoms with E-state index in [2.05, 4.69) is 27.9 Å². The lowest BCUT2D eigenvalue weighted by Crippen LogP contribution is -2.14. The number of methoxy groups -OCH3 is 1. The Labute approximate surface area is 177 Å². The zero-order chi connectivity index (χ0) is 19.9. The van der Waals surface area contributed by atoms with Crippen molar-refractivity contribution in [1.29, 1.82) is 0 Å². The summed E-state index contributed by atoms with van der Waals surface area (Å²) in [6, 6.07) is 12.4. The van der Waals surface area contributed by atoms with Crippen LogP contribution in [0.3, 0.4) is 0 Å². The molecular weight excluding hydrogens is 460 g/mol. The summed E-state index contributed by atoms with van der Waals surface area (Å²) < 4.78 is 34.1. The molecule has 28 heavy (non-hydrogen) atoms. The number of thioether (sulfide) groups is 1. The summed E-state index contributed by atoms with van der Waals surface area (Å²) in [7, 11) is 0.000960. The predicted octanol–water partition coefficient (Wildman–Crippen LogP) is 4.45. The fourth-order valence-electron chi connectivity index (χ4n) is 3.50. The van der Waals surface area contributed by atoms with Crippen LogP contribution >= 0.6 is 27.7 Å². The second-order valence-electron chi connectivity index (χ2n) is 6.90. The number of hydrogen-bond acceptors (Lipinski definition) is 5. The minimum Gasteiger partial charge on any atom is -0.497 e. The largest absolute Gasteiger partial charge is 0.497 e. The van der Waals surface area contributed by atoms with Crippen LogP contribution in [0, 0.1) is 0 Å². The third kappa shape index (κ3) is 3.58. The molecule has 1 atom stereocenters. The summed E-state index contributed by atoms with van der Waals surface area (Å²) in [4.78, 5) is 3.51. The van der Waals surface area contributed by atoms with E-state index in [4.69, 9.17) is 4.74 Å². The highest BCUT2D eigenvalue weighted by Crippen LogP contribution is 2.39. The van der Waals surface area contributed by atoms with E-state index >= 15 is 0 Å². The van der Waals surface area contributed by atoms with Crippen LogP contribution < -0.4 is 4.74 Å². The first kappa shape index (κ1) is 19.8. The molecule has 1 saturated heterocycles. The molecule has 0 N–H and O–H groups in total. The summed E-state index contributed by atoms with van der Waals surface area (Å²) >= 11 is 5.12. The number of hydrogen-bond donors (Lipinski definition) is 0. The van der Waals surface area contributed by atoms with Crippen molar-refractivity contribution in [3.8, 4) is 5.75 Å². The van der Waals surface area contributed by atoms with Gasteiger partial charge >= 0.3 is 0 Å². The summed E-state index contributed by atoms with van der Waals surface area (Å²) in [6.07, 6.45) is 2.84. The van der Waals surface area contributed by atoms with Crippen molar-refractivity contribution in [3.05, 3.63) is 53.1 Å². The molecule has 1 aliphatic rings. The minimum absolute atomic E-state index is 0.250. The van der Waals surface area contributed by atoms with Crippen molar-refractivity contribution in [2.24, 2.45) is 0 Å². The zero-order valence-electron chi connectivity index (χ0n) is 15.6. The van der Waals surface area contributed by atoms with Crippen LogP contribution in [0.25, 0.3) is 10.9 Å². The van der Waals surface area contributed by atoms with Crippen molar-refractivity contribution in [1.82, 2.24) is 8.87 Å². The number of halogens is 1. The number of aromatic nitrogens is 1. The van der Waals surface area contributed by atoms with Gasteiger partial charge in [-0.25, -0.2) is 12.4 Å².